The summed E-state index contributed by atoms with van der Waals surface area (Å²) in [5.41, 5.74) is 10.1. The van der Waals surface area contributed by atoms with Crippen LogP contribution in [0.2, 0.25) is 0 Å². The SMILES string of the molecule is C[n+]1cn(-c2ccc3c(c2)C(C)(C)c2ccccc2-3)c2c1C(C)(C)C(C)(C)C2(C)C.I. The average Bonchev–Trinajstić information content (AvgIpc) is 3.18. The Morgan fingerprint density at radius 3 is 2.03 bits per heavy atom. The van der Waals surface area contributed by atoms with Gasteiger partial charge in [-0.2, -0.15) is 4.57 Å². The summed E-state index contributed by atoms with van der Waals surface area (Å²) >= 11 is 0. The van der Waals surface area contributed by atoms with Crippen LogP contribution in [-0.2, 0) is 23.3 Å². The van der Waals surface area contributed by atoms with Crippen LogP contribution in [0, 0.1) is 5.41 Å². The number of rotatable bonds is 1. The van der Waals surface area contributed by atoms with Gasteiger partial charge in [0.15, 0.2) is 11.4 Å². The third-order valence-electron chi connectivity index (χ3n) is 9.26. The fourth-order valence-electron chi connectivity index (χ4n) is 6.31. The van der Waals surface area contributed by atoms with Crippen LogP contribution in [0.15, 0.2) is 48.8 Å². The lowest BCUT2D eigenvalue weighted by molar-refractivity contribution is -0.681. The molecule has 0 bridgehead atoms. The summed E-state index contributed by atoms with van der Waals surface area (Å²) in [6, 6.07) is 16.0. The van der Waals surface area contributed by atoms with Crippen molar-refractivity contribution in [2.45, 2.75) is 71.6 Å². The summed E-state index contributed by atoms with van der Waals surface area (Å²) in [4.78, 5) is 0. The minimum atomic E-state index is 0. The maximum Gasteiger partial charge on any atom is 0.249 e. The van der Waals surface area contributed by atoms with E-state index in [2.05, 4.69) is 120 Å². The largest absolute Gasteiger partial charge is 0.249 e. The Kier molecular flexibility index (Phi) is 4.70. The van der Waals surface area contributed by atoms with Gasteiger partial charge < -0.3 is 0 Å². The van der Waals surface area contributed by atoms with Crippen molar-refractivity contribution >= 4 is 24.0 Å². The van der Waals surface area contributed by atoms with Gasteiger partial charge in [-0.3, -0.25) is 0 Å². The molecule has 3 heteroatoms. The van der Waals surface area contributed by atoms with Crippen LogP contribution in [-0.4, -0.2) is 4.57 Å². The van der Waals surface area contributed by atoms with Crippen molar-refractivity contribution in [2.75, 3.05) is 0 Å². The van der Waals surface area contributed by atoms with E-state index >= 15 is 0 Å². The Balaban J connectivity index is 0.00000231. The molecule has 164 valence electrons. The van der Waals surface area contributed by atoms with E-state index in [4.69, 9.17) is 0 Å². The average molecular weight is 528 g/mol. The lowest BCUT2D eigenvalue weighted by Crippen LogP contribution is -2.47. The Hall–Kier alpha value is -1.62. The molecule has 0 aliphatic heterocycles. The van der Waals surface area contributed by atoms with Crippen LogP contribution in [0.5, 0.6) is 0 Å². The number of fused-ring (bicyclic) bond motifs is 4. The van der Waals surface area contributed by atoms with Crippen LogP contribution in [0.1, 0.15) is 77.9 Å². The second-order valence-corrected chi connectivity index (χ2v) is 11.6. The third kappa shape index (κ3) is 2.53. The highest BCUT2D eigenvalue weighted by molar-refractivity contribution is 14.0. The molecule has 0 fully saturated rings. The van der Waals surface area contributed by atoms with E-state index in [0.717, 1.165) is 0 Å². The molecule has 0 atom stereocenters. The molecule has 3 aromatic rings. The number of aromatic nitrogens is 2. The first-order chi connectivity index (χ1) is 13.8. The highest BCUT2D eigenvalue weighted by Crippen LogP contribution is 2.61. The lowest BCUT2D eigenvalue weighted by Gasteiger charge is -2.43. The summed E-state index contributed by atoms with van der Waals surface area (Å²) < 4.78 is 4.82. The maximum absolute atomic E-state index is 2.46. The van der Waals surface area contributed by atoms with Crippen molar-refractivity contribution < 1.29 is 4.57 Å². The minimum absolute atomic E-state index is 0. The van der Waals surface area contributed by atoms with Gasteiger partial charge in [0.2, 0.25) is 6.33 Å². The quantitative estimate of drug-likeness (QED) is 0.243. The van der Waals surface area contributed by atoms with Crippen molar-refractivity contribution in [3.63, 3.8) is 0 Å². The molecule has 2 nitrogen and oxygen atoms in total. The second-order valence-electron chi connectivity index (χ2n) is 11.6. The summed E-state index contributed by atoms with van der Waals surface area (Å²) in [6.45, 7) is 19.2. The third-order valence-corrected chi connectivity index (χ3v) is 9.26. The number of hydrogen-bond donors (Lipinski definition) is 0. The van der Waals surface area contributed by atoms with Gasteiger partial charge in [0.05, 0.1) is 7.05 Å². The molecule has 1 heterocycles. The number of halogens is 1. The van der Waals surface area contributed by atoms with E-state index in [0.29, 0.717) is 0 Å². The maximum atomic E-state index is 2.46. The van der Waals surface area contributed by atoms with Crippen molar-refractivity contribution in [2.24, 2.45) is 12.5 Å². The zero-order valence-corrected chi connectivity index (χ0v) is 22.8. The number of nitrogens with zero attached hydrogens (tertiary/aromatic N) is 2. The van der Waals surface area contributed by atoms with E-state index in [1.54, 1.807) is 0 Å². The molecule has 5 rings (SSSR count). The molecule has 0 spiro atoms. The molecular formula is C28H36IN2+. The molecule has 0 unspecified atom stereocenters. The smallest absolute Gasteiger partial charge is 0.236 e. The van der Waals surface area contributed by atoms with Gasteiger partial charge in [-0.15, -0.1) is 24.0 Å². The van der Waals surface area contributed by atoms with Crippen LogP contribution < -0.4 is 4.57 Å². The molecule has 0 N–H and O–H groups in total. The van der Waals surface area contributed by atoms with Crippen LogP contribution >= 0.6 is 24.0 Å². The van der Waals surface area contributed by atoms with Crippen LogP contribution in [0.4, 0.5) is 0 Å². The standard InChI is InChI=1S/C28H35N2.HI/c1-25(2)21-13-11-10-12-19(21)20-15-14-18(16-22(20)25)30-17-29(9)23-24(30)27(5,6)28(7,8)26(23,3)4;/h10-17H,1-9H3;1H/q+1;. The van der Waals surface area contributed by atoms with Gasteiger partial charge in [-0.1, -0.05) is 79.7 Å². The first-order valence-corrected chi connectivity index (χ1v) is 11.2. The molecule has 0 amide bonds. The summed E-state index contributed by atoms with van der Waals surface area (Å²) in [7, 11) is 2.21. The number of benzene rings is 2. The molecule has 0 saturated carbocycles. The Bertz CT molecular complexity index is 1210. The van der Waals surface area contributed by atoms with Gasteiger partial charge in [0, 0.05) is 16.2 Å². The Morgan fingerprint density at radius 2 is 1.35 bits per heavy atom. The van der Waals surface area contributed by atoms with E-state index in [1.165, 1.54) is 39.3 Å². The number of imidazole rings is 1. The molecule has 1 aromatic heterocycles. The first-order valence-electron chi connectivity index (χ1n) is 11.2. The molecule has 2 aromatic carbocycles. The van der Waals surface area contributed by atoms with E-state index in [1.807, 2.05) is 0 Å². The topological polar surface area (TPSA) is 8.81 Å². The van der Waals surface area contributed by atoms with Crippen molar-refractivity contribution in [1.82, 2.24) is 4.57 Å². The minimum Gasteiger partial charge on any atom is -0.236 e. The summed E-state index contributed by atoms with van der Waals surface area (Å²) in [6.07, 6.45) is 2.29. The van der Waals surface area contributed by atoms with Gasteiger partial charge in [-0.25, -0.2) is 4.57 Å². The highest BCUT2D eigenvalue weighted by Gasteiger charge is 2.63. The second kappa shape index (κ2) is 6.46. The lowest BCUT2D eigenvalue weighted by atomic mass is 9.60. The first kappa shape index (κ1) is 22.6. The molecule has 0 saturated heterocycles. The fourth-order valence-corrected chi connectivity index (χ4v) is 6.31. The predicted octanol–water partition coefficient (Wildman–Crippen LogP) is 6.82. The molecule has 2 aliphatic rings. The van der Waals surface area contributed by atoms with Crippen molar-refractivity contribution in [1.29, 1.82) is 0 Å². The molecule has 31 heavy (non-hydrogen) atoms. The molecular weight excluding hydrogens is 491 g/mol. The van der Waals surface area contributed by atoms with Gasteiger partial charge in [0.25, 0.3) is 0 Å². The van der Waals surface area contributed by atoms with Crippen LogP contribution in [0.3, 0.4) is 0 Å². The van der Waals surface area contributed by atoms with Gasteiger partial charge in [-0.05, 0) is 45.9 Å². The Morgan fingerprint density at radius 1 is 0.742 bits per heavy atom. The molecule has 0 radical (unpaired) electrons. The van der Waals surface area contributed by atoms with E-state index in [-0.39, 0.29) is 45.6 Å². The van der Waals surface area contributed by atoms with E-state index < -0.39 is 0 Å². The number of hydrogen-bond acceptors (Lipinski definition) is 0. The van der Waals surface area contributed by atoms with Gasteiger partial charge in [0.1, 0.15) is 5.69 Å². The highest BCUT2D eigenvalue weighted by atomic mass is 127. The van der Waals surface area contributed by atoms with Crippen molar-refractivity contribution in [3.8, 4) is 16.8 Å². The van der Waals surface area contributed by atoms with E-state index in [9.17, 15) is 0 Å². The molecule has 2 aliphatic carbocycles. The zero-order valence-electron chi connectivity index (χ0n) is 20.4. The Labute approximate surface area is 204 Å². The fraction of sp³-hybridized carbons (Fsp3) is 0.464. The zero-order chi connectivity index (χ0) is 21.9. The van der Waals surface area contributed by atoms with Crippen LogP contribution in [0.25, 0.3) is 16.8 Å². The summed E-state index contributed by atoms with van der Waals surface area (Å²) in [5, 5.41) is 0. The monoisotopic (exact) mass is 527 g/mol. The van der Waals surface area contributed by atoms with Gasteiger partial charge >= 0.3 is 0 Å². The summed E-state index contributed by atoms with van der Waals surface area (Å²) in [5.74, 6) is 0. The predicted molar refractivity (Wildman–Crippen MR) is 140 cm³/mol. The number of aryl methyl sites for hydroxylation is 1. The van der Waals surface area contributed by atoms with Crippen molar-refractivity contribution in [3.05, 3.63) is 71.3 Å². The normalized spacial score (nSPS) is 20.5.